The van der Waals surface area contributed by atoms with Crippen molar-refractivity contribution in [3.05, 3.63) is 36.0 Å². The Balaban J connectivity index is 2.07. The van der Waals surface area contributed by atoms with Gasteiger partial charge in [0.25, 0.3) is 0 Å². The molecule has 86 valence electrons. The molecule has 3 heteroatoms. The van der Waals surface area contributed by atoms with E-state index < -0.39 is 0 Å². The van der Waals surface area contributed by atoms with Gasteiger partial charge in [-0.15, -0.1) is 0 Å². The summed E-state index contributed by atoms with van der Waals surface area (Å²) in [4.78, 5) is 3.18. The van der Waals surface area contributed by atoms with E-state index in [4.69, 9.17) is 11.5 Å². The predicted octanol–water partition coefficient (Wildman–Crippen LogP) is 2.30. The molecule has 0 aliphatic heterocycles. The molecule has 0 saturated heterocycles. The molecule has 0 radical (unpaired) electrons. The number of hydrogen-bond donors (Lipinski definition) is 3. The number of H-pyrrole nitrogens is 1. The van der Waals surface area contributed by atoms with Gasteiger partial charge in [0.05, 0.1) is 0 Å². The average molecular weight is 217 g/mol. The van der Waals surface area contributed by atoms with Crippen LogP contribution in [0.1, 0.15) is 30.9 Å². The van der Waals surface area contributed by atoms with Crippen LogP contribution in [0.25, 0.3) is 10.9 Å². The third-order valence-electron chi connectivity index (χ3n) is 2.97. The first-order valence-corrected chi connectivity index (χ1v) is 5.84. The van der Waals surface area contributed by atoms with Gasteiger partial charge in [-0.05, 0) is 48.5 Å². The number of fused-ring (bicyclic) bond motifs is 1. The van der Waals surface area contributed by atoms with Gasteiger partial charge >= 0.3 is 0 Å². The van der Waals surface area contributed by atoms with E-state index in [1.54, 1.807) is 0 Å². The van der Waals surface area contributed by atoms with Crippen molar-refractivity contribution < 1.29 is 0 Å². The molecule has 5 N–H and O–H groups in total. The van der Waals surface area contributed by atoms with Crippen molar-refractivity contribution in [3.8, 4) is 0 Å². The number of unbranched alkanes of at least 4 members (excludes halogenated alkanes) is 1. The van der Waals surface area contributed by atoms with Crippen molar-refractivity contribution >= 4 is 10.9 Å². The van der Waals surface area contributed by atoms with E-state index >= 15 is 0 Å². The smallest absolute Gasteiger partial charge is 0.0454 e. The van der Waals surface area contributed by atoms with E-state index in [1.807, 2.05) is 6.20 Å². The summed E-state index contributed by atoms with van der Waals surface area (Å²) in [5.41, 5.74) is 14.0. The van der Waals surface area contributed by atoms with Crippen LogP contribution < -0.4 is 11.5 Å². The van der Waals surface area contributed by atoms with Gasteiger partial charge in [0, 0.05) is 17.8 Å². The summed E-state index contributed by atoms with van der Waals surface area (Å²) in [7, 11) is 0. The van der Waals surface area contributed by atoms with Crippen LogP contribution in [0.2, 0.25) is 0 Å². The van der Waals surface area contributed by atoms with Crippen LogP contribution in [0.4, 0.5) is 0 Å². The lowest BCUT2D eigenvalue weighted by Crippen LogP contribution is -2.10. The topological polar surface area (TPSA) is 67.8 Å². The maximum atomic E-state index is 6.14. The Hall–Kier alpha value is -1.32. The normalized spacial score (nSPS) is 13.1. The second-order valence-corrected chi connectivity index (χ2v) is 4.22. The molecule has 0 fully saturated rings. The molecular weight excluding hydrogens is 198 g/mol. The van der Waals surface area contributed by atoms with Gasteiger partial charge in [0.15, 0.2) is 0 Å². The van der Waals surface area contributed by atoms with Gasteiger partial charge in [-0.1, -0.05) is 12.5 Å². The molecule has 0 unspecified atom stereocenters. The first-order chi connectivity index (χ1) is 7.81. The van der Waals surface area contributed by atoms with Crippen molar-refractivity contribution in [2.75, 3.05) is 6.54 Å². The van der Waals surface area contributed by atoms with Gasteiger partial charge in [0.1, 0.15) is 0 Å². The highest BCUT2D eigenvalue weighted by molar-refractivity contribution is 5.80. The standard InChI is InChI=1S/C13H19N3/c14-7-2-1-3-12(15)10-4-5-13-11(9-10)6-8-16-13/h4-6,8-9,12,16H,1-3,7,14-15H2/t12-/m0/s1. The van der Waals surface area contributed by atoms with Gasteiger partial charge in [-0.25, -0.2) is 0 Å². The van der Waals surface area contributed by atoms with E-state index in [-0.39, 0.29) is 6.04 Å². The Morgan fingerprint density at radius 2 is 2.06 bits per heavy atom. The van der Waals surface area contributed by atoms with E-state index in [0.29, 0.717) is 0 Å². The van der Waals surface area contributed by atoms with Crippen molar-refractivity contribution in [1.29, 1.82) is 0 Å². The first kappa shape index (κ1) is 11.2. The SMILES string of the molecule is NCCCC[C@H](N)c1ccc2[nH]ccc2c1. The Morgan fingerprint density at radius 3 is 2.88 bits per heavy atom. The fraction of sp³-hybridized carbons (Fsp3) is 0.385. The highest BCUT2D eigenvalue weighted by Gasteiger charge is 2.06. The van der Waals surface area contributed by atoms with Gasteiger partial charge in [-0.2, -0.15) is 0 Å². The van der Waals surface area contributed by atoms with Gasteiger partial charge in [-0.3, -0.25) is 0 Å². The molecule has 1 aromatic heterocycles. The Morgan fingerprint density at radius 1 is 1.19 bits per heavy atom. The molecule has 0 spiro atoms. The lowest BCUT2D eigenvalue weighted by atomic mass is 10.0. The van der Waals surface area contributed by atoms with E-state index in [0.717, 1.165) is 31.3 Å². The summed E-state index contributed by atoms with van der Waals surface area (Å²) in [6.07, 6.45) is 5.12. The number of nitrogens with two attached hydrogens (primary N) is 2. The van der Waals surface area contributed by atoms with Crippen molar-refractivity contribution in [2.45, 2.75) is 25.3 Å². The molecular formula is C13H19N3. The fourth-order valence-electron chi connectivity index (χ4n) is 1.98. The van der Waals surface area contributed by atoms with Gasteiger partial charge in [0.2, 0.25) is 0 Å². The minimum atomic E-state index is 0.130. The summed E-state index contributed by atoms with van der Waals surface area (Å²) in [5, 5.41) is 1.23. The molecule has 0 aliphatic rings. The maximum Gasteiger partial charge on any atom is 0.0454 e. The minimum Gasteiger partial charge on any atom is -0.361 e. The second kappa shape index (κ2) is 5.14. The van der Waals surface area contributed by atoms with Gasteiger partial charge < -0.3 is 16.5 Å². The maximum absolute atomic E-state index is 6.14. The number of benzene rings is 1. The van der Waals surface area contributed by atoms with Crippen LogP contribution >= 0.6 is 0 Å². The fourth-order valence-corrected chi connectivity index (χ4v) is 1.98. The summed E-state index contributed by atoms with van der Waals surface area (Å²) in [5.74, 6) is 0. The molecule has 2 aromatic rings. The third kappa shape index (κ3) is 2.43. The summed E-state index contributed by atoms with van der Waals surface area (Å²) >= 11 is 0. The zero-order valence-corrected chi connectivity index (χ0v) is 9.45. The number of rotatable bonds is 5. The monoisotopic (exact) mass is 217 g/mol. The molecule has 0 amide bonds. The third-order valence-corrected chi connectivity index (χ3v) is 2.97. The van der Waals surface area contributed by atoms with Crippen LogP contribution in [0.5, 0.6) is 0 Å². The summed E-state index contributed by atoms with van der Waals surface area (Å²) < 4.78 is 0. The van der Waals surface area contributed by atoms with E-state index in [1.165, 1.54) is 10.9 Å². The Labute approximate surface area is 95.8 Å². The number of aromatic amines is 1. The molecule has 1 atom stereocenters. The van der Waals surface area contributed by atoms with Crippen molar-refractivity contribution in [3.63, 3.8) is 0 Å². The van der Waals surface area contributed by atoms with E-state index in [2.05, 4.69) is 29.2 Å². The lowest BCUT2D eigenvalue weighted by molar-refractivity contribution is 0.591. The molecule has 1 heterocycles. The number of hydrogen-bond acceptors (Lipinski definition) is 2. The molecule has 0 aliphatic carbocycles. The molecule has 0 saturated carbocycles. The molecule has 16 heavy (non-hydrogen) atoms. The highest BCUT2D eigenvalue weighted by Crippen LogP contribution is 2.21. The highest BCUT2D eigenvalue weighted by atomic mass is 14.7. The molecule has 0 bridgehead atoms. The zero-order valence-electron chi connectivity index (χ0n) is 9.45. The molecule has 3 nitrogen and oxygen atoms in total. The number of nitrogens with one attached hydrogen (secondary N) is 1. The summed E-state index contributed by atoms with van der Waals surface area (Å²) in [6.45, 7) is 0.754. The van der Waals surface area contributed by atoms with E-state index in [9.17, 15) is 0 Å². The van der Waals surface area contributed by atoms with Crippen molar-refractivity contribution in [1.82, 2.24) is 4.98 Å². The Kier molecular flexibility index (Phi) is 3.59. The van der Waals surface area contributed by atoms with Crippen LogP contribution in [0.15, 0.2) is 30.5 Å². The minimum absolute atomic E-state index is 0.130. The quantitative estimate of drug-likeness (QED) is 0.673. The van der Waals surface area contributed by atoms with Crippen LogP contribution in [-0.4, -0.2) is 11.5 Å². The van der Waals surface area contributed by atoms with Crippen LogP contribution in [0.3, 0.4) is 0 Å². The predicted molar refractivity (Wildman–Crippen MR) is 68.1 cm³/mol. The van der Waals surface area contributed by atoms with Crippen molar-refractivity contribution in [2.24, 2.45) is 11.5 Å². The zero-order chi connectivity index (χ0) is 11.4. The summed E-state index contributed by atoms with van der Waals surface area (Å²) in [6, 6.07) is 8.56. The number of aromatic nitrogens is 1. The van der Waals surface area contributed by atoms with Crippen LogP contribution in [0, 0.1) is 0 Å². The first-order valence-electron chi connectivity index (χ1n) is 5.84. The average Bonchev–Trinajstić information content (AvgIpc) is 2.76. The lowest BCUT2D eigenvalue weighted by Gasteiger charge is -2.11. The molecule has 2 rings (SSSR count). The second-order valence-electron chi connectivity index (χ2n) is 4.22. The largest absolute Gasteiger partial charge is 0.361 e. The van der Waals surface area contributed by atoms with Crippen LogP contribution in [-0.2, 0) is 0 Å². The Bertz CT molecular complexity index is 447. The molecule has 1 aromatic carbocycles.